The molecular formula is C27H42N2O2S. The molecule has 7 atom stereocenters. The van der Waals surface area contributed by atoms with Crippen molar-refractivity contribution in [1.82, 2.24) is 4.98 Å². The van der Waals surface area contributed by atoms with E-state index in [0.29, 0.717) is 36.9 Å². The Bertz CT molecular complexity index is 827. The van der Waals surface area contributed by atoms with E-state index in [2.05, 4.69) is 18.8 Å². The van der Waals surface area contributed by atoms with Crippen LogP contribution in [0.3, 0.4) is 0 Å². The molecule has 0 spiro atoms. The highest BCUT2D eigenvalue weighted by atomic mass is 32.1. The summed E-state index contributed by atoms with van der Waals surface area (Å²) in [6.45, 7) is 8.52. The number of Topliss-reactive ketones (excluding diaryl/α,β-unsaturated/α-hetero) is 1. The smallest absolute Gasteiger partial charge is 0.143 e. The second-order valence-electron chi connectivity index (χ2n) is 11.7. The Morgan fingerprint density at radius 1 is 1.28 bits per heavy atom. The molecule has 0 unspecified atom stereocenters. The van der Waals surface area contributed by atoms with Crippen molar-refractivity contribution in [2.75, 3.05) is 0 Å². The van der Waals surface area contributed by atoms with Crippen molar-refractivity contribution < 1.29 is 9.90 Å². The maximum atomic E-state index is 13.4. The van der Waals surface area contributed by atoms with Gasteiger partial charge in [-0.15, -0.1) is 11.3 Å². The number of hydrogen-bond acceptors (Lipinski definition) is 5. The van der Waals surface area contributed by atoms with E-state index in [4.69, 9.17) is 5.41 Å². The lowest BCUT2D eigenvalue weighted by atomic mass is 9.53. The quantitative estimate of drug-likeness (QED) is 0.449. The molecule has 2 N–H and O–H groups in total. The van der Waals surface area contributed by atoms with Gasteiger partial charge in [-0.3, -0.25) is 4.79 Å². The molecule has 0 saturated heterocycles. The average Bonchev–Trinajstić information content (AvgIpc) is 3.24. The first-order chi connectivity index (χ1) is 15.1. The van der Waals surface area contributed by atoms with Gasteiger partial charge in [-0.2, -0.15) is 0 Å². The number of aryl methyl sites for hydroxylation is 2. The minimum atomic E-state index is -0.643. The van der Waals surface area contributed by atoms with Crippen LogP contribution in [0.4, 0.5) is 0 Å². The minimum absolute atomic E-state index is 0.169. The van der Waals surface area contributed by atoms with Gasteiger partial charge in [-0.25, -0.2) is 4.98 Å². The lowest BCUT2D eigenvalue weighted by molar-refractivity contribution is -0.128. The Labute approximate surface area is 198 Å². The first-order valence-electron chi connectivity index (χ1n) is 12.8. The topological polar surface area (TPSA) is 74.0 Å². The zero-order chi connectivity index (χ0) is 23.1. The summed E-state index contributed by atoms with van der Waals surface area (Å²) in [4.78, 5) is 19.2. The van der Waals surface area contributed by atoms with E-state index in [1.807, 2.05) is 13.8 Å². The van der Waals surface area contributed by atoms with E-state index < -0.39 is 5.60 Å². The third-order valence-electron chi connectivity index (χ3n) is 9.47. The van der Waals surface area contributed by atoms with E-state index in [0.717, 1.165) is 35.4 Å². The largest absolute Gasteiger partial charge is 0.390 e. The number of thiazole rings is 1. The number of carbonyl (C=O) groups excluding carboxylic acids is 1. The van der Waals surface area contributed by atoms with E-state index in [1.54, 1.807) is 11.3 Å². The molecule has 3 aliphatic carbocycles. The number of ketones is 1. The number of aliphatic hydroxyl groups is 1. The van der Waals surface area contributed by atoms with Crippen LogP contribution in [0.25, 0.3) is 0 Å². The van der Waals surface area contributed by atoms with Crippen molar-refractivity contribution >= 4 is 23.3 Å². The number of nitrogens with one attached hydrogen (secondary N) is 1. The van der Waals surface area contributed by atoms with Crippen molar-refractivity contribution in [3.63, 3.8) is 0 Å². The summed E-state index contributed by atoms with van der Waals surface area (Å²) < 4.78 is 0. The van der Waals surface area contributed by atoms with Crippen LogP contribution in [0.15, 0.2) is 0 Å². The molecule has 1 aromatic heterocycles. The van der Waals surface area contributed by atoms with Crippen molar-refractivity contribution in [1.29, 1.82) is 5.41 Å². The Balaban J connectivity index is 1.38. The van der Waals surface area contributed by atoms with Gasteiger partial charge < -0.3 is 10.5 Å². The predicted molar refractivity (Wildman–Crippen MR) is 131 cm³/mol. The molecule has 1 heterocycles. The van der Waals surface area contributed by atoms with Gasteiger partial charge in [0.25, 0.3) is 0 Å². The standard InChI is InChI=1S/C27H42N2O2S/c1-17-18(2)32-25(29-17)15-24(30)23-9-8-22-21-7-6-19(16-26(3,31)11-5-13-28)14-20(21)10-12-27(22,23)4/h13,19-23,28,31H,5-12,14-16H2,1-4H3/t19-,20+,21+,22-,23+,26+,27-/m0/s1. The van der Waals surface area contributed by atoms with Gasteiger partial charge in [0.2, 0.25) is 0 Å². The first kappa shape index (κ1) is 24.1. The van der Waals surface area contributed by atoms with Crippen molar-refractivity contribution in [2.45, 2.75) is 104 Å². The number of nitrogens with zero attached hydrogens (tertiary/aromatic N) is 1. The molecule has 0 amide bonds. The fourth-order valence-electron chi connectivity index (χ4n) is 7.78. The fourth-order valence-corrected chi connectivity index (χ4v) is 8.72. The summed E-state index contributed by atoms with van der Waals surface area (Å²) in [6, 6.07) is 0. The van der Waals surface area contributed by atoms with E-state index in [1.165, 1.54) is 49.6 Å². The maximum absolute atomic E-state index is 13.4. The highest BCUT2D eigenvalue weighted by Crippen LogP contribution is 2.62. The average molecular weight is 459 g/mol. The van der Waals surface area contributed by atoms with Crippen LogP contribution in [0.2, 0.25) is 0 Å². The van der Waals surface area contributed by atoms with Gasteiger partial charge in [0.05, 0.1) is 17.7 Å². The maximum Gasteiger partial charge on any atom is 0.143 e. The number of aromatic nitrogens is 1. The summed E-state index contributed by atoms with van der Waals surface area (Å²) in [5, 5.41) is 19.0. The third-order valence-corrected chi connectivity index (χ3v) is 10.5. The molecule has 178 valence electrons. The Kier molecular flexibility index (Phi) is 6.99. The summed E-state index contributed by atoms with van der Waals surface area (Å²) in [7, 11) is 0. The molecule has 3 saturated carbocycles. The van der Waals surface area contributed by atoms with E-state index >= 15 is 0 Å². The van der Waals surface area contributed by atoms with Gasteiger partial charge in [-0.05, 0) is 114 Å². The summed E-state index contributed by atoms with van der Waals surface area (Å²) in [5.74, 6) is 3.46. The molecule has 0 radical (unpaired) electrons. The number of carbonyl (C=O) groups is 1. The van der Waals surface area contributed by atoms with Gasteiger partial charge in [-0.1, -0.05) is 13.3 Å². The van der Waals surface area contributed by atoms with Crippen LogP contribution in [0, 0.1) is 54.3 Å². The molecule has 5 heteroatoms. The number of hydrogen-bond donors (Lipinski definition) is 2. The third kappa shape index (κ3) is 4.75. The molecule has 1 aromatic rings. The van der Waals surface area contributed by atoms with Gasteiger partial charge in [0.1, 0.15) is 10.8 Å². The Morgan fingerprint density at radius 2 is 2.06 bits per heavy atom. The van der Waals surface area contributed by atoms with Gasteiger partial charge >= 0.3 is 0 Å². The zero-order valence-electron chi connectivity index (χ0n) is 20.5. The second kappa shape index (κ2) is 9.29. The normalized spacial score (nSPS) is 36.2. The van der Waals surface area contributed by atoms with Crippen LogP contribution >= 0.6 is 11.3 Å². The van der Waals surface area contributed by atoms with Gasteiger partial charge in [0, 0.05) is 10.8 Å². The van der Waals surface area contributed by atoms with Crippen LogP contribution in [0.1, 0.15) is 93.6 Å². The zero-order valence-corrected chi connectivity index (χ0v) is 21.3. The number of rotatable bonds is 8. The SMILES string of the molecule is Cc1nc(CC(=O)[C@H]2CC[C@H]3[C@@H]4CC[C@H](C[C@](C)(O)CCC=N)C[C@H]4CC[C@]23C)sc1C. The monoisotopic (exact) mass is 458 g/mol. The molecule has 0 aromatic carbocycles. The molecule has 3 aliphatic rings. The second-order valence-corrected chi connectivity index (χ2v) is 13.0. The first-order valence-corrected chi connectivity index (χ1v) is 13.6. The molecule has 32 heavy (non-hydrogen) atoms. The molecule has 0 aliphatic heterocycles. The lowest BCUT2D eigenvalue weighted by Crippen LogP contribution is -2.46. The van der Waals surface area contributed by atoms with E-state index in [9.17, 15) is 9.90 Å². The molecule has 4 nitrogen and oxygen atoms in total. The van der Waals surface area contributed by atoms with Crippen LogP contribution < -0.4 is 0 Å². The summed E-state index contributed by atoms with van der Waals surface area (Å²) in [5.41, 5.74) is 0.597. The summed E-state index contributed by atoms with van der Waals surface area (Å²) in [6.07, 6.45) is 12.6. The minimum Gasteiger partial charge on any atom is -0.390 e. The molecule has 4 rings (SSSR count). The van der Waals surface area contributed by atoms with Crippen LogP contribution in [-0.4, -0.2) is 27.7 Å². The predicted octanol–water partition coefficient (Wildman–Crippen LogP) is 6.30. The van der Waals surface area contributed by atoms with E-state index in [-0.39, 0.29) is 11.3 Å². The molecular weight excluding hydrogens is 416 g/mol. The molecule has 3 fully saturated rings. The Hall–Kier alpha value is -1.07. The van der Waals surface area contributed by atoms with Crippen molar-refractivity contribution in [3.05, 3.63) is 15.6 Å². The number of fused-ring (bicyclic) bond motifs is 3. The highest BCUT2D eigenvalue weighted by molar-refractivity contribution is 7.11. The van der Waals surface area contributed by atoms with Gasteiger partial charge in [0.15, 0.2) is 0 Å². The van der Waals surface area contributed by atoms with Crippen molar-refractivity contribution in [3.8, 4) is 0 Å². The fraction of sp³-hybridized carbons (Fsp3) is 0.815. The van der Waals surface area contributed by atoms with Crippen molar-refractivity contribution in [2.24, 2.45) is 35.0 Å². The van der Waals surface area contributed by atoms with Crippen LogP contribution in [0.5, 0.6) is 0 Å². The van der Waals surface area contributed by atoms with Crippen LogP contribution in [-0.2, 0) is 11.2 Å². The summed E-state index contributed by atoms with van der Waals surface area (Å²) >= 11 is 1.69. The Morgan fingerprint density at radius 3 is 2.75 bits per heavy atom. The highest BCUT2D eigenvalue weighted by Gasteiger charge is 2.56. The lowest BCUT2D eigenvalue weighted by Gasteiger charge is -2.52. The molecule has 0 bridgehead atoms.